The number of nitrogens with zero attached hydrogens (tertiary/aromatic N) is 2. The van der Waals surface area contributed by atoms with Crippen molar-refractivity contribution in [1.29, 1.82) is 0 Å². The van der Waals surface area contributed by atoms with Crippen LogP contribution in [-0.4, -0.2) is 44.3 Å². The molecule has 29 heavy (non-hydrogen) atoms. The zero-order valence-corrected chi connectivity index (χ0v) is 16.2. The minimum absolute atomic E-state index is 0.222. The van der Waals surface area contributed by atoms with Crippen LogP contribution >= 0.6 is 0 Å². The minimum atomic E-state index is -4.36. The average molecular weight is 407 g/mol. The van der Waals surface area contributed by atoms with Crippen LogP contribution in [0, 0.1) is 0 Å². The quantitative estimate of drug-likeness (QED) is 0.818. The maximum Gasteiger partial charge on any atom is 0.416 e. The van der Waals surface area contributed by atoms with E-state index in [1.807, 2.05) is 24.3 Å². The van der Waals surface area contributed by atoms with Crippen molar-refractivity contribution in [3.05, 3.63) is 65.2 Å². The van der Waals surface area contributed by atoms with Crippen LogP contribution in [0.5, 0.6) is 0 Å². The van der Waals surface area contributed by atoms with E-state index < -0.39 is 11.7 Å². The fourth-order valence-electron chi connectivity index (χ4n) is 3.10. The highest BCUT2D eigenvalue weighted by molar-refractivity contribution is 5.73. The van der Waals surface area contributed by atoms with Crippen LogP contribution in [0.4, 0.5) is 23.7 Å². The van der Waals surface area contributed by atoms with Crippen molar-refractivity contribution < 1.29 is 22.7 Å². The van der Waals surface area contributed by atoms with Gasteiger partial charge in [-0.25, -0.2) is 4.79 Å². The van der Waals surface area contributed by atoms with Gasteiger partial charge in [-0.3, -0.25) is 0 Å². The number of benzene rings is 2. The lowest BCUT2D eigenvalue weighted by Gasteiger charge is -2.29. The lowest BCUT2D eigenvalue weighted by Crippen LogP contribution is -2.36. The summed E-state index contributed by atoms with van der Waals surface area (Å²) in [6, 6.07) is 12.5. The third-order valence-corrected chi connectivity index (χ3v) is 4.80. The van der Waals surface area contributed by atoms with Gasteiger partial charge in [0.05, 0.1) is 18.8 Å². The Hall–Kier alpha value is -2.74. The van der Waals surface area contributed by atoms with E-state index in [0.717, 1.165) is 49.7 Å². The number of amides is 2. The summed E-state index contributed by atoms with van der Waals surface area (Å²) < 4.78 is 43.2. The first-order valence-electron chi connectivity index (χ1n) is 9.39. The van der Waals surface area contributed by atoms with Gasteiger partial charge in [0.1, 0.15) is 0 Å². The number of nitrogens with one attached hydrogen (secondary N) is 1. The van der Waals surface area contributed by atoms with Crippen LogP contribution < -0.4 is 10.2 Å². The topological polar surface area (TPSA) is 44.8 Å². The maximum atomic E-state index is 12.6. The third kappa shape index (κ3) is 5.87. The number of morpholine rings is 1. The molecule has 3 rings (SSSR count). The summed E-state index contributed by atoms with van der Waals surface area (Å²) in [7, 11) is 1.61. The summed E-state index contributed by atoms with van der Waals surface area (Å²) >= 11 is 0. The van der Waals surface area contributed by atoms with Gasteiger partial charge in [0.2, 0.25) is 0 Å². The fourth-order valence-corrected chi connectivity index (χ4v) is 3.10. The van der Waals surface area contributed by atoms with Gasteiger partial charge in [0.15, 0.2) is 0 Å². The first kappa shape index (κ1) is 21.0. The molecule has 1 fully saturated rings. The number of hydrogen-bond donors (Lipinski definition) is 1. The van der Waals surface area contributed by atoms with Crippen molar-refractivity contribution >= 4 is 11.7 Å². The second-order valence-corrected chi connectivity index (χ2v) is 6.98. The van der Waals surface area contributed by atoms with Crippen LogP contribution in [0.1, 0.15) is 16.7 Å². The van der Waals surface area contributed by atoms with E-state index in [1.54, 1.807) is 7.05 Å². The van der Waals surface area contributed by atoms with Crippen LogP contribution in [0.25, 0.3) is 0 Å². The van der Waals surface area contributed by atoms with E-state index in [-0.39, 0.29) is 12.6 Å². The molecule has 1 N–H and O–H groups in total. The Morgan fingerprint density at radius 3 is 2.21 bits per heavy atom. The van der Waals surface area contributed by atoms with E-state index >= 15 is 0 Å². The standard InChI is InChI=1S/C21H24F3N3O2/c1-26(15-17-2-6-18(7-3-17)21(22,23)24)20(28)25-14-16-4-8-19(9-5-16)27-10-12-29-13-11-27/h2-9H,10-15H2,1H3,(H,25,28). The van der Waals surface area contributed by atoms with Gasteiger partial charge in [0.25, 0.3) is 0 Å². The smallest absolute Gasteiger partial charge is 0.378 e. The van der Waals surface area contributed by atoms with Crippen molar-refractivity contribution in [2.45, 2.75) is 19.3 Å². The molecule has 2 amide bonds. The number of rotatable bonds is 5. The maximum absolute atomic E-state index is 12.6. The molecule has 8 heteroatoms. The Balaban J connectivity index is 1.48. The summed E-state index contributed by atoms with van der Waals surface area (Å²) in [5.41, 5.74) is 2.03. The summed E-state index contributed by atoms with van der Waals surface area (Å²) in [4.78, 5) is 16.0. The van der Waals surface area contributed by atoms with Crippen LogP contribution in [-0.2, 0) is 24.0 Å². The molecule has 1 aliphatic heterocycles. The first-order chi connectivity index (χ1) is 13.8. The predicted octanol–water partition coefficient (Wildman–Crippen LogP) is 3.88. The summed E-state index contributed by atoms with van der Waals surface area (Å²) in [5, 5.41) is 2.83. The van der Waals surface area contributed by atoms with Gasteiger partial charge in [-0.15, -0.1) is 0 Å². The van der Waals surface area contributed by atoms with Crippen LogP contribution in [0.2, 0.25) is 0 Å². The highest BCUT2D eigenvalue weighted by atomic mass is 19.4. The van der Waals surface area contributed by atoms with Crippen molar-refractivity contribution in [1.82, 2.24) is 10.2 Å². The van der Waals surface area contributed by atoms with Crippen molar-refractivity contribution in [3.63, 3.8) is 0 Å². The van der Waals surface area contributed by atoms with Gasteiger partial charge >= 0.3 is 12.2 Å². The molecular weight excluding hydrogens is 383 g/mol. The number of alkyl halides is 3. The first-order valence-corrected chi connectivity index (χ1v) is 9.39. The molecule has 0 saturated carbocycles. The Bertz CT molecular complexity index is 801. The summed E-state index contributed by atoms with van der Waals surface area (Å²) in [5.74, 6) is 0. The number of halogens is 3. The lowest BCUT2D eigenvalue weighted by molar-refractivity contribution is -0.137. The molecular formula is C21H24F3N3O2. The number of anilines is 1. The highest BCUT2D eigenvalue weighted by Crippen LogP contribution is 2.29. The van der Waals surface area contributed by atoms with Gasteiger partial charge < -0.3 is 19.9 Å². The SMILES string of the molecule is CN(Cc1ccc(C(F)(F)F)cc1)C(=O)NCc1ccc(N2CCOCC2)cc1. The van der Waals surface area contributed by atoms with Crippen molar-refractivity contribution in [2.75, 3.05) is 38.3 Å². The summed E-state index contributed by atoms with van der Waals surface area (Å²) in [6.45, 7) is 3.78. The predicted molar refractivity (Wildman–Crippen MR) is 105 cm³/mol. The molecule has 5 nitrogen and oxygen atoms in total. The van der Waals surface area contributed by atoms with Gasteiger partial charge in [-0.2, -0.15) is 13.2 Å². The van der Waals surface area contributed by atoms with Crippen LogP contribution in [0.3, 0.4) is 0 Å². The molecule has 1 saturated heterocycles. The van der Waals surface area contributed by atoms with E-state index in [9.17, 15) is 18.0 Å². The number of hydrogen-bond acceptors (Lipinski definition) is 3. The summed E-state index contributed by atoms with van der Waals surface area (Å²) in [6.07, 6.45) is -4.36. The second kappa shape index (κ2) is 9.17. The van der Waals surface area contributed by atoms with Gasteiger partial charge in [-0.1, -0.05) is 24.3 Å². The number of urea groups is 1. The highest BCUT2D eigenvalue weighted by Gasteiger charge is 2.30. The third-order valence-electron chi connectivity index (χ3n) is 4.80. The van der Waals surface area contributed by atoms with Crippen LogP contribution in [0.15, 0.2) is 48.5 Å². The molecule has 0 spiro atoms. The molecule has 2 aromatic carbocycles. The average Bonchev–Trinajstić information content (AvgIpc) is 2.72. The molecule has 0 radical (unpaired) electrons. The zero-order valence-electron chi connectivity index (χ0n) is 16.2. The molecule has 1 aliphatic rings. The molecule has 0 unspecified atom stereocenters. The number of carbonyl (C=O) groups is 1. The molecule has 1 heterocycles. The Labute approximate surface area is 168 Å². The molecule has 0 aliphatic carbocycles. The van der Waals surface area contributed by atoms with Gasteiger partial charge in [0, 0.05) is 38.9 Å². The Kier molecular flexibility index (Phi) is 6.64. The van der Waals surface area contributed by atoms with Gasteiger partial charge in [-0.05, 0) is 35.4 Å². The fraction of sp³-hybridized carbons (Fsp3) is 0.381. The molecule has 0 bridgehead atoms. The van der Waals surface area contributed by atoms with E-state index in [4.69, 9.17) is 4.74 Å². The molecule has 0 atom stereocenters. The van der Waals surface area contributed by atoms with E-state index in [0.29, 0.717) is 12.1 Å². The molecule has 156 valence electrons. The zero-order chi connectivity index (χ0) is 20.9. The number of ether oxygens (including phenoxy) is 1. The lowest BCUT2D eigenvalue weighted by atomic mass is 10.1. The normalized spacial score (nSPS) is 14.6. The Morgan fingerprint density at radius 1 is 1.03 bits per heavy atom. The number of carbonyl (C=O) groups excluding carboxylic acids is 1. The van der Waals surface area contributed by atoms with E-state index in [2.05, 4.69) is 10.2 Å². The monoisotopic (exact) mass is 407 g/mol. The molecule has 2 aromatic rings. The van der Waals surface area contributed by atoms with Crippen molar-refractivity contribution in [2.24, 2.45) is 0 Å². The minimum Gasteiger partial charge on any atom is -0.378 e. The largest absolute Gasteiger partial charge is 0.416 e. The second-order valence-electron chi connectivity index (χ2n) is 6.98. The Morgan fingerprint density at radius 2 is 1.62 bits per heavy atom. The molecule has 0 aromatic heterocycles. The van der Waals surface area contributed by atoms with Crippen molar-refractivity contribution in [3.8, 4) is 0 Å². The van der Waals surface area contributed by atoms with E-state index in [1.165, 1.54) is 17.0 Å².